The van der Waals surface area contributed by atoms with Gasteiger partial charge in [0.2, 0.25) is 0 Å². The van der Waals surface area contributed by atoms with Gasteiger partial charge in [-0.2, -0.15) is 0 Å². The molecular weight excluding hydrogens is 188 g/mol. The standard InChI is InChI=1S/C12H18N2O/c1-10-2-3-12(13-8-10)14-9-11-4-6-15-7-5-11/h2-3,8,11H,4-7,9H2,1H3,(H,13,14). The predicted molar refractivity (Wildman–Crippen MR) is 61.0 cm³/mol. The third kappa shape index (κ3) is 3.20. The third-order valence-electron chi connectivity index (χ3n) is 2.82. The summed E-state index contributed by atoms with van der Waals surface area (Å²) in [6.45, 7) is 4.88. The predicted octanol–water partition coefficient (Wildman–Crippen LogP) is 2.23. The molecule has 1 aliphatic rings. The lowest BCUT2D eigenvalue weighted by Crippen LogP contribution is -2.22. The van der Waals surface area contributed by atoms with Crippen molar-refractivity contribution in [1.82, 2.24) is 4.98 Å². The Kier molecular flexibility index (Phi) is 3.56. The molecule has 0 aromatic carbocycles. The molecular formula is C12H18N2O. The number of nitrogens with zero attached hydrogens (tertiary/aromatic N) is 1. The first-order valence-corrected chi connectivity index (χ1v) is 5.59. The summed E-state index contributed by atoms with van der Waals surface area (Å²) in [5, 5.41) is 3.37. The molecule has 0 atom stereocenters. The highest BCUT2D eigenvalue weighted by molar-refractivity contribution is 5.35. The first kappa shape index (κ1) is 10.4. The molecule has 1 aromatic rings. The van der Waals surface area contributed by atoms with E-state index in [1.807, 2.05) is 12.3 Å². The van der Waals surface area contributed by atoms with Gasteiger partial charge in [-0.25, -0.2) is 4.98 Å². The van der Waals surface area contributed by atoms with Crippen LogP contribution in [0.2, 0.25) is 0 Å². The summed E-state index contributed by atoms with van der Waals surface area (Å²) in [5.41, 5.74) is 1.20. The van der Waals surface area contributed by atoms with Gasteiger partial charge in [0.25, 0.3) is 0 Å². The van der Waals surface area contributed by atoms with Gasteiger partial charge >= 0.3 is 0 Å². The number of aryl methyl sites for hydroxylation is 1. The zero-order valence-corrected chi connectivity index (χ0v) is 9.20. The minimum atomic E-state index is 0.738. The molecule has 1 saturated heterocycles. The molecule has 0 aliphatic carbocycles. The highest BCUT2D eigenvalue weighted by Gasteiger charge is 2.13. The van der Waals surface area contributed by atoms with Crippen LogP contribution in [0.3, 0.4) is 0 Å². The fourth-order valence-electron chi connectivity index (χ4n) is 1.77. The van der Waals surface area contributed by atoms with Crippen LogP contribution in [0.1, 0.15) is 18.4 Å². The maximum atomic E-state index is 5.32. The largest absolute Gasteiger partial charge is 0.381 e. The van der Waals surface area contributed by atoms with Crippen molar-refractivity contribution in [3.05, 3.63) is 23.9 Å². The van der Waals surface area contributed by atoms with Gasteiger partial charge in [-0.1, -0.05) is 6.07 Å². The monoisotopic (exact) mass is 206 g/mol. The fourth-order valence-corrected chi connectivity index (χ4v) is 1.77. The molecule has 0 unspecified atom stereocenters. The van der Waals surface area contributed by atoms with E-state index in [4.69, 9.17) is 4.74 Å². The summed E-state index contributed by atoms with van der Waals surface area (Å²) in [7, 11) is 0. The van der Waals surface area contributed by atoms with Gasteiger partial charge in [0, 0.05) is 26.0 Å². The van der Waals surface area contributed by atoms with E-state index < -0.39 is 0 Å². The number of hydrogen-bond donors (Lipinski definition) is 1. The van der Waals surface area contributed by atoms with Crippen LogP contribution >= 0.6 is 0 Å². The van der Waals surface area contributed by atoms with Crippen LogP contribution in [0, 0.1) is 12.8 Å². The van der Waals surface area contributed by atoms with E-state index in [9.17, 15) is 0 Å². The summed E-state index contributed by atoms with van der Waals surface area (Å²) >= 11 is 0. The summed E-state index contributed by atoms with van der Waals surface area (Å²) < 4.78 is 5.32. The van der Waals surface area contributed by atoms with Gasteiger partial charge in [-0.15, -0.1) is 0 Å². The Bertz CT molecular complexity index is 291. The number of anilines is 1. The Labute approximate surface area is 90.9 Å². The second kappa shape index (κ2) is 5.12. The van der Waals surface area contributed by atoms with Crippen molar-refractivity contribution in [3.8, 4) is 0 Å². The van der Waals surface area contributed by atoms with Crippen LogP contribution in [-0.4, -0.2) is 24.7 Å². The first-order chi connectivity index (χ1) is 7.34. The lowest BCUT2D eigenvalue weighted by molar-refractivity contribution is 0.0699. The topological polar surface area (TPSA) is 34.1 Å². The number of rotatable bonds is 3. The minimum Gasteiger partial charge on any atom is -0.381 e. The van der Waals surface area contributed by atoms with Crippen molar-refractivity contribution in [2.75, 3.05) is 25.1 Å². The second-order valence-corrected chi connectivity index (χ2v) is 4.16. The van der Waals surface area contributed by atoms with Gasteiger partial charge in [0.15, 0.2) is 0 Å². The lowest BCUT2D eigenvalue weighted by atomic mass is 10.0. The molecule has 0 amide bonds. The smallest absolute Gasteiger partial charge is 0.125 e. The fraction of sp³-hybridized carbons (Fsp3) is 0.583. The Hall–Kier alpha value is -1.09. The number of pyridine rings is 1. The number of hydrogen-bond acceptors (Lipinski definition) is 3. The molecule has 0 spiro atoms. The van der Waals surface area contributed by atoms with Crippen molar-refractivity contribution < 1.29 is 4.74 Å². The Morgan fingerprint density at radius 2 is 2.20 bits per heavy atom. The van der Waals surface area contributed by atoms with Crippen molar-refractivity contribution >= 4 is 5.82 Å². The highest BCUT2D eigenvalue weighted by Crippen LogP contribution is 2.15. The molecule has 1 N–H and O–H groups in total. The average Bonchev–Trinajstić information content (AvgIpc) is 2.30. The number of ether oxygens (including phenoxy) is 1. The van der Waals surface area contributed by atoms with Gasteiger partial charge in [-0.05, 0) is 37.3 Å². The zero-order chi connectivity index (χ0) is 10.5. The van der Waals surface area contributed by atoms with Crippen molar-refractivity contribution in [2.24, 2.45) is 5.92 Å². The summed E-state index contributed by atoms with van der Waals surface area (Å²) in [5.74, 6) is 1.72. The van der Waals surface area contributed by atoms with Crippen LogP contribution in [0.15, 0.2) is 18.3 Å². The zero-order valence-electron chi connectivity index (χ0n) is 9.20. The normalized spacial score (nSPS) is 17.7. The van der Waals surface area contributed by atoms with E-state index in [1.165, 1.54) is 18.4 Å². The highest BCUT2D eigenvalue weighted by atomic mass is 16.5. The second-order valence-electron chi connectivity index (χ2n) is 4.16. The van der Waals surface area contributed by atoms with E-state index in [0.717, 1.165) is 31.5 Å². The molecule has 3 heteroatoms. The quantitative estimate of drug-likeness (QED) is 0.823. The molecule has 1 fully saturated rings. The number of aromatic nitrogens is 1. The summed E-state index contributed by atoms with van der Waals surface area (Å²) in [6.07, 6.45) is 4.23. The van der Waals surface area contributed by atoms with Crippen molar-refractivity contribution in [3.63, 3.8) is 0 Å². The molecule has 15 heavy (non-hydrogen) atoms. The van der Waals surface area contributed by atoms with Crippen LogP contribution in [0.5, 0.6) is 0 Å². The minimum absolute atomic E-state index is 0.738. The summed E-state index contributed by atoms with van der Waals surface area (Å²) in [4.78, 5) is 4.32. The molecule has 0 bridgehead atoms. The Balaban J connectivity index is 1.79. The van der Waals surface area contributed by atoms with E-state index in [0.29, 0.717) is 0 Å². The maximum absolute atomic E-state index is 5.32. The molecule has 2 rings (SSSR count). The first-order valence-electron chi connectivity index (χ1n) is 5.59. The molecule has 1 aliphatic heterocycles. The van der Waals surface area contributed by atoms with E-state index in [-0.39, 0.29) is 0 Å². The van der Waals surface area contributed by atoms with Crippen molar-refractivity contribution in [2.45, 2.75) is 19.8 Å². The summed E-state index contributed by atoms with van der Waals surface area (Å²) in [6, 6.07) is 4.12. The van der Waals surface area contributed by atoms with Gasteiger partial charge in [0.05, 0.1) is 0 Å². The molecule has 2 heterocycles. The van der Waals surface area contributed by atoms with Crippen LogP contribution in [0.25, 0.3) is 0 Å². The maximum Gasteiger partial charge on any atom is 0.125 e. The lowest BCUT2D eigenvalue weighted by Gasteiger charge is -2.22. The van der Waals surface area contributed by atoms with Gasteiger partial charge < -0.3 is 10.1 Å². The Morgan fingerprint density at radius 1 is 1.40 bits per heavy atom. The van der Waals surface area contributed by atoms with Crippen LogP contribution in [0.4, 0.5) is 5.82 Å². The van der Waals surface area contributed by atoms with Gasteiger partial charge in [-0.3, -0.25) is 0 Å². The van der Waals surface area contributed by atoms with E-state index in [2.05, 4.69) is 23.3 Å². The van der Waals surface area contributed by atoms with E-state index in [1.54, 1.807) is 0 Å². The number of nitrogens with one attached hydrogen (secondary N) is 1. The van der Waals surface area contributed by atoms with Crippen molar-refractivity contribution in [1.29, 1.82) is 0 Å². The molecule has 82 valence electrons. The SMILES string of the molecule is Cc1ccc(NCC2CCOCC2)nc1. The van der Waals surface area contributed by atoms with E-state index >= 15 is 0 Å². The third-order valence-corrected chi connectivity index (χ3v) is 2.82. The molecule has 1 aromatic heterocycles. The Morgan fingerprint density at radius 3 is 2.87 bits per heavy atom. The van der Waals surface area contributed by atoms with Crippen LogP contribution < -0.4 is 5.32 Å². The van der Waals surface area contributed by atoms with Gasteiger partial charge in [0.1, 0.15) is 5.82 Å². The molecule has 0 saturated carbocycles. The van der Waals surface area contributed by atoms with Crippen LogP contribution in [-0.2, 0) is 4.74 Å². The average molecular weight is 206 g/mol. The molecule has 3 nitrogen and oxygen atoms in total. The molecule has 0 radical (unpaired) electrons.